The zero-order chi connectivity index (χ0) is 7.40. The third kappa shape index (κ3) is 1.77. The van der Waals surface area contributed by atoms with Crippen molar-refractivity contribution in [3.8, 4) is 0 Å². The molecule has 1 aliphatic rings. The predicted molar refractivity (Wildman–Crippen MR) is 49.0 cm³/mol. The minimum Gasteiger partial charge on any atom is -0.126 e. The largest absolute Gasteiger partial charge is 0.126 e. The second kappa shape index (κ2) is 3.67. The van der Waals surface area contributed by atoms with Gasteiger partial charge < -0.3 is 0 Å². The first-order chi connectivity index (χ1) is 4.84. The molecule has 1 rings (SSSR count). The first-order valence-electron chi connectivity index (χ1n) is 3.46. The van der Waals surface area contributed by atoms with Crippen LogP contribution in [0.2, 0.25) is 0 Å². The molecule has 2 unspecified atom stereocenters. The second-order valence-electron chi connectivity index (χ2n) is 2.41. The lowest BCUT2D eigenvalue weighted by atomic mass is 10.1. The molecule has 0 amide bonds. The highest BCUT2D eigenvalue weighted by Gasteiger charge is 2.15. The van der Waals surface area contributed by atoms with E-state index in [9.17, 15) is 0 Å². The zero-order valence-corrected chi connectivity index (χ0v) is 6.97. The molecule has 0 aromatic rings. The van der Waals surface area contributed by atoms with Gasteiger partial charge in [-0.1, -0.05) is 37.8 Å². The molecule has 0 aromatic heterocycles. The van der Waals surface area contributed by atoms with Gasteiger partial charge in [-0.2, -0.15) is 0 Å². The van der Waals surface area contributed by atoms with Gasteiger partial charge in [-0.25, -0.2) is 0 Å². The molecule has 10 heavy (non-hydrogen) atoms. The Morgan fingerprint density at radius 1 is 1.60 bits per heavy atom. The van der Waals surface area contributed by atoms with Gasteiger partial charge in [0.1, 0.15) is 0 Å². The maximum Gasteiger partial charge on any atom is 0.0331 e. The van der Waals surface area contributed by atoms with Crippen molar-refractivity contribution in [1.82, 2.24) is 0 Å². The van der Waals surface area contributed by atoms with Crippen LogP contribution in [0.5, 0.6) is 0 Å². The smallest absolute Gasteiger partial charge is 0.0331 e. The summed E-state index contributed by atoms with van der Waals surface area (Å²) in [5.41, 5.74) is 0. The quantitative estimate of drug-likeness (QED) is 0.548. The Balaban J connectivity index is 2.43. The Labute approximate surface area is 66.7 Å². The summed E-state index contributed by atoms with van der Waals surface area (Å²) < 4.78 is 0. The molecule has 1 heterocycles. The maximum absolute atomic E-state index is 3.63. The third-order valence-corrected chi connectivity index (χ3v) is 2.79. The van der Waals surface area contributed by atoms with Gasteiger partial charge in [0.25, 0.3) is 0 Å². The van der Waals surface area contributed by atoms with Crippen LogP contribution >= 0.6 is 11.8 Å². The standard InChI is InChI=1S/C9H12S/c1-3-4-5-9-8(2)6-7-10-9/h3-9H,1H2,2H3. The lowest BCUT2D eigenvalue weighted by Crippen LogP contribution is -2.02. The summed E-state index contributed by atoms with van der Waals surface area (Å²) in [4.78, 5) is 0. The summed E-state index contributed by atoms with van der Waals surface area (Å²) in [5.74, 6) is 0.682. The van der Waals surface area contributed by atoms with Crippen molar-refractivity contribution in [1.29, 1.82) is 0 Å². The minimum absolute atomic E-state index is 0.637. The van der Waals surface area contributed by atoms with Crippen LogP contribution in [0.25, 0.3) is 0 Å². The van der Waals surface area contributed by atoms with Crippen molar-refractivity contribution < 1.29 is 0 Å². The van der Waals surface area contributed by atoms with Crippen molar-refractivity contribution in [2.24, 2.45) is 5.92 Å². The summed E-state index contributed by atoms with van der Waals surface area (Å²) >= 11 is 1.88. The summed E-state index contributed by atoms with van der Waals surface area (Å²) in [6, 6.07) is 0. The van der Waals surface area contributed by atoms with E-state index in [1.165, 1.54) is 0 Å². The van der Waals surface area contributed by atoms with Gasteiger partial charge in [-0.3, -0.25) is 0 Å². The molecule has 0 saturated carbocycles. The molecule has 0 aromatic carbocycles. The summed E-state index contributed by atoms with van der Waals surface area (Å²) in [6.45, 7) is 5.86. The van der Waals surface area contributed by atoms with Crippen LogP contribution in [0.4, 0.5) is 0 Å². The molecule has 2 atom stereocenters. The second-order valence-corrected chi connectivity index (χ2v) is 3.50. The number of hydrogen-bond acceptors (Lipinski definition) is 1. The van der Waals surface area contributed by atoms with Crippen LogP contribution in [0, 0.1) is 5.92 Å². The average Bonchev–Trinajstić information content (AvgIpc) is 2.31. The fraction of sp³-hybridized carbons (Fsp3) is 0.333. The molecule has 0 radical (unpaired) electrons. The van der Waals surface area contributed by atoms with E-state index in [0.717, 1.165) is 0 Å². The molecular weight excluding hydrogens is 140 g/mol. The Hall–Kier alpha value is -0.430. The highest BCUT2D eigenvalue weighted by atomic mass is 32.2. The Bertz CT molecular complexity index is 168. The molecule has 54 valence electrons. The van der Waals surface area contributed by atoms with Crippen LogP contribution in [0.1, 0.15) is 6.92 Å². The topological polar surface area (TPSA) is 0 Å². The first kappa shape index (κ1) is 7.67. The highest BCUT2D eigenvalue weighted by Crippen LogP contribution is 2.29. The lowest BCUT2D eigenvalue weighted by molar-refractivity contribution is 0.774. The molecule has 0 spiro atoms. The fourth-order valence-corrected chi connectivity index (χ4v) is 1.94. The normalized spacial score (nSPS) is 31.7. The monoisotopic (exact) mass is 152 g/mol. The summed E-state index contributed by atoms with van der Waals surface area (Å²) in [5, 5.41) is 2.81. The SMILES string of the molecule is C=CC=CC1SC=CC1C. The molecule has 1 aliphatic heterocycles. The van der Waals surface area contributed by atoms with Crippen LogP contribution in [-0.2, 0) is 0 Å². The lowest BCUT2D eigenvalue weighted by Gasteiger charge is -2.06. The number of thioether (sulfide) groups is 1. The van der Waals surface area contributed by atoms with Crippen molar-refractivity contribution in [3.63, 3.8) is 0 Å². The van der Waals surface area contributed by atoms with Crippen molar-refractivity contribution in [2.75, 3.05) is 0 Å². The van der Waals surface area contributed by atoms with E-state index in [4.69, 9.17) is 0 Å². The van der Waals surface area contributed by atoms with Crippen molar-refractivity contribution in [3.05, 3.63) is 36.3 Å². The van der Waals surface area contributed by atoms with E-state index in [2.05, 4.69) is 31.1 Å². The van der Waals surface area contributed by atoms with Crippen LogP contribution < -0.4 is 0 Å². The summed E-state index contributed by atoms with van der Waals surface area (Å²) in [7, 11) is 0. The Morgan fingerprint density at radius 3 is 2.90 bits per heavy atom. The van der Waals surface area contributed by atoms with E-state index in [1.807, 2.05) is 23.9 Å². The number of allylic oxidation sites excluding steroid dienone is 3. The number of hydrogen-bond donors (Lipinski definition) is 0. The average molecular weight is 152 g/mol. The van der Waals surface area contributed by atoms with Gasteiger partial charge in [0.15, 0.2) is 0 Å². The zero-order valence-electron chi connectivity index (χ0n) is 6.16. The van der Waals surface area contributed by atoms with Gasteiger partial charge in [0.2, 0.25) is 0 Å². The third-order valence-electron chi connectivity index (χ3n) is 1.57. The molecule has 0 nitrogen and oxygen atoms in total. The minimum atomic E-state index is 0.637. The highest BCUT2D eigenvalue weighted by molar-refractivity contribution is 8.03. The molecule has 0 bridgehead atoms. The van der Waals surface area contributed by atoms with Crippen LogP contribution in [-0.4, -0.2) is 5.25 Å². The molecule has 0 saturated heterocycles. The molecule has 0 aliphatic carbocycles. The van der Waals surface area contributed by atoms with E-state index >= 15 is 0 Å². The molecule has 0 fully saturated rings. The Morgan fingerprint density at radius 2 is 2.40 bits per heavy atom. The molecule has 1 heteroatoms. The van der Waals surface area contributed by atoms with Crippen LogP contribution in [0.15, 0.2) is 36.3 Å². The van der Waals surface area contributed by atoms with Gasteiger partial charge in [0, 0.05) is 5.25 Å². The van der Waals surface area contributed by atoms with Crippen LogP contribution in [0.3, 0.4) is 0 Å². The van der Waals surface area contributed by atoms with E-state index in [1.54, 1.807) is 0 Å². The van der Waals surface area contributed by atoms with Crippen molar-refractivity contribution in [2.45, 2.75) is 12.2 Å². The maximum atomic E-state index is 3.63. The van der Waals surface area contributed by atoms with E-state index in [0.29, 0.717) is 11.2 Å². The predicted octanol–water partition coefficient (Wildman–Crippen LogP) is 2.99. The molecule has 0 N–H and O–H groups in total. The molecular formula is C9H12S. The number of rotatable bonds is 2. The van der Waals surface area contributed by atoms with Gasteiger partial charge in [0.05, 0.1) is 0 Å². The van der Waals surface area contributed by atoms with E-state index in [-0.39, 0.29) is 0 Å². The van der Waals surface area contributed by atoms with E-state index < -0.39 is 0 Å². The Kier molecular flexibility index (Phi) is 2.82. The fourth-order valence-electron chi connectivity index (χ4n) is 0.902. The first-order valence-corrected chi connectivity index (χ1v) is 4.40. The van der Waals surface area contributed by atoms with Gasteiger partial charge in [-0.15, -0.1) is 11.8 Å². The van der Waals surface area contributed by atoms with Gasteiger partial charge in [-0.05, 0) is 11.3 Å². The van der Waals surface area contributed by atoms with Gasteiger partial charge >= 0.3 is 0 Å². The summed E-state index contributed by atoms with van der Waals surface area (Å²) in [6.07, 6.45) is 8.28. The van der Waals surface area contributed by atoms with Crippen molar-refractivity contribution >= 4 is 11.8 Å².